The molecule has 0 aromatic heterocycles. The lowest BCUT2D eigenvalue weighted by molar-refractivity contribution is -0.150. The number of nitrogens with zero attached hydrogens (tertiary/aromatic N) is 1. The minimum absolute atomic E-state index is 0.226. The summed E-state index contributed by atoms with van der Waals surface area (Å²) >= 11 is 5.08. The van der Waals surface area contributed by atoms with E-state index in [0.717, 1.165) is 0 Å². The van der Waals surface area contributed by atoms with Crippen LogP contribution < -0.4 is 10.6 Å². The topological polar surface area (TPSA) is 87.7 Å². The molecule has 5 nitrogen and oxygen atoms in total. The van der Waals surface area contributed by atoms with Crippen LogP contribution in [0.5, 0.6) is 0 Å². The third-order valence-corrected chi connectivity index (χ3v) is 1.87. The second-order valence-electron chi connectivity index (χ2n) is 2.40. The Hall–Kier alpha value is -0.220. The van der Waals surface area contributed by atoms with Gasteiger partial charge in [0.1, 0.15) is 6.04 Å². The molecule has 76 valence electrons. The zero-order chi connectivity index (χ0) is 10.3. The van der Waals surface area contributed by atoms with E-state index >= 15 is 0 Å². The molecule has 0 saturated carbocycles. The highest BCUT2D eigenvalue weighted by molar-refractivity contribution is 7.69. The van der Waals surface area contributed by atoms with Gasteiger partial charge >= 0.3 is 5.97 Å². The first-order valence-corrected chi connectivity index (χ1v) is 5.88. The summed E-state index contributed by atoms with van der Waals surface area (Å²) in [6, 6.07) is -0.610. The van der Waals surface area contributed by atoms with Gasteiger partial charge in [0.05, 0.1) is 13.2 Å². The summed E-state index contributed by atoms with van der Waals surface area (Å²) in [5.41, 5.74) is 5.23. The van der Waals surface area contributed by atoms with E-state index in [1.54, 1.807) is 6.92 Å². The summed E-state index contributed by atoms with van der Waals surface area (Å²) in [4.78, 5) is 21.0. The van der Waals surface area contributed by atoms with Crippen molar-refractivity contribution in [2.75, 3.05) is 13.2 Å². The Labute approximate surface area is 82.6 Å². The molecule has 2 atom stereocenters. The molecule has 13 heavy (non-hydrogen) atoms. The first-order valence-electron chi connectivity index (χ1n) is 3.76. The Kier molecular flexibility index (Phi) is 7.09. The van der Waals surface area contributed by atoms with Gasteiger partial charge in [0, 0.05) is 6.42 Å². The normalized spacial score (nSPS) is 14.0. The van der Waals surface area contributed by atoms with E-state index in [2.05, 4.69) is 4.74 Å². The second-order valence-corrected chi connectivity index (χ2v) is 4.00. The van der Waals surface area contributed by atoms with Crippen molar-refractivity contribution in [1.29, 1.82) is 0 Å². The third kappa shape index (κ3) is 8.12. The monoisotopic (exact) mass is 226 g/mol. The van der Waals surface area contributed by atoms with Gasteiger partial charge in [0.25, 0.3) is 7.29 Å². The Morgan fingerprint density at radius 2 is 2.46 bits per heavy atom. The average molecular weight is 227 g/mol. The van der Waals surface area contributed by atoms with Crippen LogP contribution in [0.1, 0.15) is 13.3 Å². The van der Waals surface area contributed by atoms with Crippen LogP contribution in [0.4, 0.5) is 0 Å². The van der Waals surface area contributed by atoms with Crippen molar-refractivity contribution in [3.8, 4) is 0 Å². The molecular weight excluding hydrogens is 215 g/mol. The van der Waals surface area contributed by atoms with Crippen LogP contribution in [0.15, 0.2) is 4.74 Å². The van der Waals surface area contributed by atoms with Crippen LogP contribution in [0.25, 0.3) is 0 Å². The second kappa shape index (κ2) is 7.21. The number of nitrogens with two attached hydrogens (primary N) is 1. The van der Waals surface area contributed by atoms with E-state index in [4.69, 9.17) is 21.7 Å². The van der Waals surface area contributed by atoms with Gasteiger partial charge < -0.3 is 15.4 Å². The number of carbonyl (C=O) groups is 1. The van der Waals surface area contributed by atoms with Crippen LogP contribution in [-0.2, 0) is 9.53 Å². The molecule has 2 N–H and O–H groups in total. The number of hydrogen-bond acceptors (Lipinski definition) is 5. The highest BCUT2D eigenvalue weighted by Gasteiger charge is 2.07. The Morgan fingerprint density at radius 3 is 2.92 bits per heavy atom. The molecule has 0 amide bonds. The smallest absolute Gasteiger partial charge is 0.322 e. The lowest BCUT2D eigenvalue weighted by Crippen LogP contribution is -2.29. The quantitative estimate of drug-likeness (QED) is 0.417. The Balaban J connectivity index is 3.36. The van der Waals surface area contributed by atoms with Gasteiger partial charge in [-0.1, -0.05) is 4.74 Å². The number of ether oxygens (including phenoxy) is 1. The maximum Gasteiger partial charge on any atom is 0.322 e. The zero-order valence-corrected chi connectivity index (χ0v) is 8.92. The van der Waals surface area contributed by atoms with Gasteiger partial charge in [-0.3, -0.25) is 4.79 Å². The Morgan fingerprint density at radius 1 is 1.85 bits per heavy atom. The fraction of sp³-hybridized carbons (Fsp3) is 0.833. The molecule has 0 spiro atoms. The predicted molar refractivity (Wildman–Crippen MR) is 49.3 cm³/mol. The van der Waals surface area contributed by atoms with E-state index in [9.17, 15) is 9.69 Å². The van der Waals surface area contributed by atoms with Gasteiger partial charge in [0.2, 0.25) is 0 Å². The first-order chi connectivity index (χ1) is 6.04. The summed E-state index contributed by atoms with van der Waals surface area (Å²) in [5.74, 6) is -0.449. The van der Waals surface area contributed by atoms with Crippen molar-refractivity contribution in [1.82, 2.24) is 0 Å². The van der Waals surface area contributed by atoms with Crippen LogP contribution in [0, 0.1) is 0 Å². The first kappa shape index (κ1) is 12.8. The van der Waals surface area contributed by atoms with Gasteiger partial charge in [-0.2, -0.15) is 0 Å². The molecule has 0 aliphatic carbocycles. The average Bonchev–Trinajstić information content (AvgIpc) is 2.02. The number of carbonyl (C=O) groups excluding carboxylic acids is 1. The predicted octanol–water partition coefficient (Wildman–Crippen LogP) is 0.361. The van der Waals surface area contributed by atoms with Gasteiger partial charge in [-0.25, -0.2) is 0 Å². The summed E-state index contributed by atoms with van der Waals surface area (Å²) in [6.45, 7) is 2.09. The van der Waals surface area contributed by atoms with Crippen molar-refractivity contribution in [3.63, 3.8) is 0 Å². The molecule has 0 fully saturated rings. The molecule has 7 heteroatoms. The molecule has 0 bridgehead atoms. The lowest BCUT2D eigenvalue weighted by Gasteiger charge is -2.04. The van der Waals surface area contributed by atoms with Crippen LogP contribution in [-0.4, -0.2) is 25.2 Å². The van der Waals surface area contributed by atoms with Gasteiger partial charge in [-0.05, 0) is 6.92 Å². The largest absolute Gasteiger partial charge is 0.596 e. The number of rotatable bonds is 5. The number of esters is 1. The molecule has 0 rings (SSSR count). The maximum atomic E-state index is 10.8. The van der Waals surface area contributed by atoms with Crippen molar-refractivity contribution >= 4 is 24.5 Å². The van der Waals surface area contributed by atoms with E-state index in [0.29, 0.717) is 13.0 Å². The summed E-state index contributed by atoms with van der Waals surface area (Å²) in [5, 5.41) is 0. The SMILES string of the molecule is CC(N)C(=O)OCCC/N=[P+](\[O-])Cl. The van der Waals surface area contributed by atoms with E-state index < -0.39 is 19.3 Å². The van der Waals surface area contributed by atoms with Crippen LogP contribution in [0.2, 0.25) is 0 Å². The van der Waals surface area contributed by atoms with Crippen LogP contribution in [0.3, 0.4) is 0 Å². The standard InChI is InChI=1S/C6H12ClN2O3P/c1-5(8)6(10)12-4-2-3-9-13(7)11/h5H,2-4,8H2,1H3. The fourth-order valence-corrected chi connectivity index (χ4v) is 1.04. The van der Waals surface area contributed by atoms with Crippen molar-refractivity contribution in [2.24, 2.45) is 10.5 Å². The summed E-state index contributed by atoms with van der Waals surface area (Å²) in [7, 11) is -1.96. The number of hydrogen-bond donors (Lipinski definition) is 1. The minimum atomic E-state index is -1.96. The molecule has 2 unspecified atom stereocenters. The van der Waals surface area contributed by atoms with E-state index in [1.165, 1.54) is 0 Å². The third-order valence-electron chi connectivity index (χ3n) is 1.13. The summed E-state index contributed by atoms with van der Waals surface area (Å²) in [6.07, 6.45) is 0.506. The fourth-order valence-electron chi connectivity index (χ4n) is 0.518. The van der Waals surface area contributed by atoms with Crippen molar-refractivity contribution < 1.29 is 14.4 Å². The lowest BCUT2D eigenvalue weighted by atomic mass is 10.4. The van der Waals surface area contributed by atoms with Crippen LogP contribution >= 0.6 is 18.5 Å². The number of halogens is 1. The molecular formula is C6H12ClN2O3P. The highest BCUT2D eigenvalue weighted by Crippen LogP contribution is 2.18. The van der Waals surface area contributed by atoms with E-state index in [-0.39, 0.29) is 6.61 Å². The Bertz CT molecular complexity index is 194. The molecule has 0 radical (unpaired) electrons. The molecule has 0 aliphatic heterocycles. The molecule has 0 heterocycles. The van der Waals surface area contributed by atoms with Crippen molar-refractivity contribution in [2.45, 2.75) is 19.4 Å². The molecule has 0 aromatic carbocycles. The molecule has 0 aromatic rings. The maximum absolute atomic E-state index is 10.8. The van der Waals surface area contributed by atoms with E-state index in [1.807, 2.05) is 0 Å². The molecule has 0 aliphatic rings. The zero-order valence-electron chi connectivity index (χ0n) is 7.27. The van der Waals surface area contributed by atoms with Gasteiger partial charge in [-0.15, -0.1) is 0 Å². The van der Waals surface area contributed by atoms with Gasteiger partial charge in [0.15, 0.2) is 11.2 Å². The highest BCUT2D eigenvalue weighted by atomic mass is 35.7. The summed E-state index contributed by atoms with van der Waals surface area (Å²) < 4.78 is 8.24. The minimum Gasteiger partial charge on any atom is -0.596 e. The van der Waals surface area contributed by atoms with Crippen molar-refractivity contribution in [3.05, 3.63) is 0 Å². The molecule has 0 saturated heterocycles.